The van der Waals surface area contributed by atoms with Gasteiger partial charge in [-0.1, -0.05) is 53.6 Å². The van der Waals surface area contributed by atoms with Crippen LogP contribution < -0.4 is 0 Å². The SMILES string of the molecule is Cc1ccc(C)c(-c2ccc(-c3ccc4nsnc4c3-c3ccc(-c4cc(C)ccc4C)s3)s2)c1. The number of benzene rings is 3. The van der Waals surface area contributed by atoms with Crippen molar-refractivity contribution in [3.63, 3.8) is 0 Å². The molecule has 0 radical (unpaired) electrons. The Morgan fingerprint density at radius 3 is 1.69 bits per heavy atom. The zero-order valence-electron chi connectivity index (χ0n) is 20.0. The Bertz CT molecular complexity index is 1700. The normalized spacial score (nSPS) is 11.4. The lowest BCUT2D eigenvalue weighted by Gasteiger charge is -2.08. The number of rotatable bonds is 4. The Morgan fingerprint density at radius 2 is 1.06 bits per heavy atom. The van der Waals surface area contributed by atoms with Gasteiger partial charge in [0.25, 0.3) is 0 Å². The molecule has 5 heteroatoms. The third-order valence-electron chi connectivity index (χ3n) is 6.47. The van der Waals surface area contributed by atoms with Crippen LogP contribution in [0.15, 0.2) is 72.8 Å². The van der Waals surface area contributed by atoms with Gasteiger partial charge in [-0.25, -0.2) is 0 Å². The molecule has 6 rings (SSSR count). The Hall–Kier alpha value is -3.12. The molecule has 0 fully saturated rings. The fourth-order valence-electron chi connectivity index (χ4n) is 4.55. The summed E-state index contributed by atoms with van der Waals surface area (Å²) in [5.74, 6) is 0. The van der Waals surface area contributed by atoms with E-state index in [1.165, 1.54) is 75.7 Å². The highest BCUT2D eigenvalue weighted by Crippen LogP contribution is 2.46. The molecule has 6 aromatic rings. The summed E-state index contributed by atoms with van der Waals surface area (Å²) in [5.41, 5.74) is 12.2. The van der Waals surface area contributed by atoms with E-state index in [2.05, 4.69) is 105 Å². The van der Waals surface area contributed by atoms with E-state index >= 15 is 0 Å². The van der Waals surface area contributed by atoms with E-state index in [1.807, 2.05) is 22.7 Å². The molecule has 0 bridgehead atoms. The van der Waals surface area contributed by atoms with Crippen molar-refractivity contribution in [2.24, 2.45) is 0 Å². The first kappa shape index (κ1) is 22.4. The van der Waals surface area contributed by atoms with Crippen molar-refractivity contribution in [3.05, 3.63) is 95.1 Å². The number of hydrogen-bond acceptors (Lipinski definition) is 5. The fraction of sp³-hybridized carbons (Fsp3) is 0.133. The molecule has 172 valence electrons. The maximum atomic E-state index is 4.73. The van der Waals surface area contributed by atoms with E-state index in [-0.39, 0.29) is 0 Å². The third-order valence-corrected chi connectivity index (χ3v) is 9.30. The largest absolute Gasteiger partial charge is 0.173 e. The molecular weight excluding hydrogens is 485 g/mol. The van der Waals surface area contributed by atoms with Gasteiger partial charge in [0.15, 0.2) is 0 Å². The lowest BCUT2D eigenvalue weighted by Crippen LogP contribution is -1.84. The van der Waals surface area contributed by atoms with Crippen LogP contribution in [-0.2, 0) is 0 Å². The zero-order chi connectivity index (χ0) is 24.1. The Morgan fingerprint density at radius 1 is 0.514 bits per heavy atom. The van der Waals surface area contributed by atoms with Crippen LogP contribution in [0.3, 0.4) is 0 Å². The topological polar surface area (TPSA) is 25.8 Å². The highest BCUT2D eigenvalue weighted by Gasteiger charge is 2.19. The number of fused-ring (bicyclic) bond motifs is 1. The second-order valence-corrected chi connectivity index (χ2v) is 11.8. The number of aromatic nitrogens is 2. The molecular formula is C30H24N2S3. The zero-order valence-corrected chi connectivity index (χ0v) is 22.5. The van der Waals surface area contributed by atoms with Crippen LogP contribution in [0.2, 0.25) is 0 Å². The molecule has 2 nitrogen and oxygen atoms in total. The second kappa shape index (κ2) is 8.83. The summed E-state index contributed by atoms with van der Waals surface area (Å²) in [5, 5.41) is 0. The van der Waals surface area contributed by atoms with E-state index in [4.69, 9.17) is 4.37 Å². The van der Waals surface area contributed by atoms with Crippen LogP contribution in [0.4, 0.5) is 0 Å². The van der Waals surface area contributed by atoms with Crippen molar-refractivity contribution in [2.75, 3.05) is 0 Å². The molecule has 0 amide bonds. The predicted octanol–water partition coefficient (Wildman–Crippen LogP) is 9.72. The molecule has 0 aliphatic heterocycles. The quantitative estimate of drug-likeness (QED) is 0.237. The first-order valence-electron chi connectivity index (χ1n) is 11.6. The van der Waals surface area contributed by atoms with Crippen molar-refractivity contribution < 1.29 is 0 Å². The van der Waals surface area contributed by atoms with Gasteiger partial charge in [0.2, 0.25) is 0 Å². The smallest absolute Gasteiger partial charge is 0.114 e. The van der Waals surface area contributed by atoms with E-state index in [0.29, 0.717) is 0 Å². The van der Waals surface area contributed by atoms with Gasteiger partial charge in [0.1, 0.15) is 11.0 Å². The van der Waals surface area contributed by atoms with E-state index in [9.17, 15) is 0 Å². The van der Waals surface area contributed by atoms with Crippen LogP contribution >= 0.6 is 34.4 Å². The van der Waals surface area contributed by atoms with Crippen LogP contribution in [0.5, 0.6) is 0 Å². The minimum absolute atomic E-state index is 0.960. The average molecular weight is 509 g/mol. The van der Waals surface area contributed by atoms with Crippen LogP contribution in [-0.4, -0.2) is 8.75 Å². The Kier molecular flexibility index (Phi) is 5.64. The first-order chi connectivity index (χ1) is 17.0. The van der Waals surface area contributed by atoms with Crippen LogP contribution in [0.1, 0.15) is 22.3 Å². The van der Waals surface area contributed by atoms with Crippen molar-refractivity contribution in [1.29, 1.82) is 0 Å². The highest BCUT2D eigenvalue weighted by molar-refractivity contribution is 7.20. The molecule has 0 spiro atoms. The fourth-order valence-corrected chi connectivity index (χ4v) is 7.36. The summed E-state index contributed by atoms with van der Waals surface area (Å²) >= 11 is 4.97. The molecule has 0 N–H and O–H groups in total. The number of thiophene rings is 2. The molecule has 3 aromatic carbocycles. The summed E-state index contributed by atoms with van der Waals surface area (Å²) in [7, 11) is 0. The Labute approximate surface area is 217 Å². The molecule has 3 heterocycles. The lowest BCUT2D eigenvalue weighted by molar-refractivity contribution is 1.40. The molecule has 0 saturated carbocycles. The van der Waals surface area contributed by atoms with Gasteiger partial charge < -0.3 is 0 Å². The molecule has 0 atom stereocenters. The van der Waals surface area contributed by atoms with Crippen LogP contribution in [0.25, 0.3) is 52.8 Å². The van der Waals surface area contributed by atoms with E-state index in [0.717, 1.165) is 11.0 Å². The molecule has 0 aliphatic carbocycles. The van der Waals surface area contributed by atoms with Gasteiger partial charge in [0, 0.05) is 30.6 Å². The van der Waals surface area contributed by atoms with E-state index < -0.39 is 0 Å². The molecule has 0 aliphatic rings. The number of nitrogens with zero attached hydrogens (tertiary/aromatic N) is 2. The maximum Gasteiger partial charge on any atom is 0.114 e. The number of aryl methyl sites for hydroxylation is 4. The minimum atomic E-state index is 0.960. The van der Waals surface area contributed by atoms with Crippen molar-refractivity contribution in [1.82, 2.24) is 8.75 Å². The van der Waals surface area contributed by atoms with Gasteiger partial charge in [-0.2, -0.15) is 8.75 Å². The standard InChI is InChI=1S/C30H24N2S3/c1-17-5-7-19(3)22(15-17)26-12-11-25(33-26)21-9-10-24-30(32-35-31-24)29(21)28-14-13-27(34-28)23-16-18(2)6-8-20(23)4/h5-16H,1-4H3. The first-order valence-corrected chi connectivity index (χ1v) is 14.0. The minimum Gasteiger partial charge on any atom is -0.173 e. The summed E-state index contributed by atoms with van der Waals surface area (Å²) in [6, 6.07) is 26.7. The molecule has 35 heavy (non-hydrogen) atoms. The summed E-state index contributed by atoms with van der Waals surface area (Å²) < 4.78 is 9.27. The van der Waals surface area contributed by atoms with Crippen molar-refractivity contribution in [2.45, 2.75) is 27.7 Å². The maximum absolute atomic E-state index is 4.73. The highest BCUT2D eigenvalue weighted by atomic mass is 32.1. The lowest BCUT2D eigenvalue weighted by atomic mass is 10.0. The van der Waals surface area contributed by atoms with Gasteiger partial charge in [-0.05, 0) is 80.3 Å². The summed E-state index contributed by atoms with van der Waals surface area (Å²) in [4.78, 5) is 5.07. The number of hydrogen-bond donors (Lipinski definition) is 0. The van der Waals surface area contributed by atoms with Crippen molar-refractivity contribution in [3.8, 4) is 41.8 Å². The van der Waals surface area contributed by atoms with Gasteiger partial charge >= 0.3 is 0 Å². The summed E-state index contributed by atoms with van der Waals surface area (Å²) in [6.45, 7) is 8.68. The second-order valence-electron chi connectivity index (χ2n) is 9.08. The monoisotopic (exact) mass is 508 g/mol. The van der Waals surface area contributed by atoms with Gasteiger partial charge in [-0.15, -0.1) is 22.7 Å². The summed E-state index contributed by atoms with van der Waals surface area (Å²) in [6.07, 6.45) is 0. The molecule has 0 unspecified atom stereocenters. The van der Waals surface area contributed by atoms with Gasteiger partial charge in [0.05, 0.1) is 11.7 Å². The van der Waals surface area contributed by atoms with Crippen molar-refractivity contribution >= 4 is 45.4 Å². The Balaban J connectivity index is 1.50. The van der Waals surface area contributed by atoms with Crippen LogP contribution in [0, 0.1) is 27.7 Å². The molecule has 0 saturated heterocycles. The van der Waals surface area contributed by atoms with Gasteiger partial charge in [-0.3, -0.25) is 0 Å². The third kappa shape index (κ3) is 4.04. The molecule has 3 aromatic heterocycles. The van der Waals surface area contributed by atoms with E-state index in [1.54, 1.807) is 0 Å². The predicted molar refractivity (Wildman–Crippen MR) is 154 cm³/mol. The average Bonchev–Trinajstić information content (AvgIpc) is 3.62.